The first-order chi connectivity index (χ1) is 8.44. The molecule has 2 unspecified atom stereocenters. The van der Waals surface area contributed by atoms with Crippen molar-refractivity contribution in [1.82, 2.24) is 0 Å². The molecule has 0 amide bonds. The number of ether oxygens (including phenoxy) is 1. The second-order valence-electron chi connectivity index (χ2n) is 4.80. The number of rotatable bonds is 3. The summed E-state index contributed by atoms with van der Waals surface area (Å²) in [5.74, 6) is 0.461. The third-order valence-electron chi connectivity index (χ3n) is 3.17. The fraction of sp³-hybridized carbons (Fsp3) is 0.538. The predicted molar refractivity (Wildman–Crippen MR) is 63.6 cm³/mol. The van der Waals surface area contributed by atoms with E-state index in [0.717, 1.165) is 19.3 Å². The van der Waals surface area contributed by atoms with E-state index >= 15 is 0 Å². The molecular weight excluding hydrogens is 243 g/mol. The highest BCUT2D eigenvalue weighted by molar-refractivity contribution is 5.56. The summed E-state index contributed by atoms with van der Waals surface area (Å²) in [5, 5.41) is 3.14. The maximum atomic E-state index is 12.2. The Hall–Kier alpha value is -1.39. The van der Waals surface area contributed by atoms with Crippen molar-refractivity contribution in [3.05, 3.63) is 24.3 Å². The van der Waals surface area contributed by atoms with Gasteiger partial charge < -0.3 is 10.1 Å². The van der Waals surface area contributed by atoms with Gasteiger partial charge in [-0.1, -0.05) is 19.1 Å². The first kappa shape index (κ1) is 13.1. The number of para-hydroxylation sites is 2. The highest BCUT2D eigenvalue weighted by Gasteiger charge is 2.32. The zero-order valence-corrected chi connectivity index (χ0v) is 10.1. The average molecular weight is 259 g/mol. The lowest BCUT2D eigenvalue weighted by Crippen LogP contribution is -2.20. The van der Waals surface area contributed by atoms with Gasteiger partial charge >= 0.3 is 6.36 Å². The average Bonchev–Trinajstić information content (AvgIpc) is 2.65. The molecule has 1 aliphatic rings. The van der Waals surface area contributed by atoms with Gasteiger partial charge in [-0.25, -0.2) is 0 Å². The molecule has 0 bridgehead atoms. The minimum atomic E-state index is -4.65. The fourth-order valence-corrected chi connectivity index (χ4v) is 2.36. The highest BCUT2D eigenvalue weighted by atomic mass is 19.4. The van der Waals surface area contributed by atoms with Gasteiger partial charge in [0.2, 0.25) is 0 Å². The molecule has 2 atom stereocenters. The lowest BCUT2D eigenvalue weighted by Gasteiger charge is -2.18. The summed E-state index contributed by atoms with van der Waals surface area (Å²) in [5.41, 5.74) is 0.411. The molecule has 18 heavy (non-hydrogen) atoms. The molecule has 2 rings (SSSR count). The van der Waals surface area contributed by atoms with E-state index in [0.29, 0.717) is 11.6 Å². The largest absolute Gasteiger partial charge is 0.573 e. The van der Waals surface area contributed by atoms with Crippen molar-refractivity contribution in [1.29, 1.82) is 0 Å². The second kappa shape index (κ2) is 5.08. The SMILES string of the molecule is CC1CCC(Nc2ccccc2OC(F)(F)F)C1. The van der Waals surface area contributed by atoms with Gasteiger partial charge in [0, 0.05) is 6.04 Å². The van der Waals surface area contributed by atoms with E-state index in [1.54, 1.807) is 12.1 Å². The van der Waals surface area contributed by atoms with Crippen molar-refractivity contribution < 1.29 is 17.9 Å². The van der Waals surface area contributed by atoms with E-state index in [4.69, 9.17) is 0 Å². The molecule has 1 N–H and O–H groups in total. The molecule has 1 saturated carbocycles. The first-order valence-electron chi connectivity index (χ1n) is 6.05. The summed E-state index contributed by atoms with van der Waals surface area (Å²) in [7, 11) is 0. The third kappa shape index (κ3) is 3.55. The quantitative estimate of drug-likeness (QED) is 0.879. The van der Waals surface area contributed by atoms with Gasteiger partial charge in [-0.3, -0.25) is 0 Å². The Labute approximate surface area is 104 Å². The summed E-state index contributed by atoms with van der Waals surface area (Å²) in [6, 6.07) is 6.41. The van der Waals surface area contributed by atoms with E-state index < -0.39 is 6.36 Å². The zero-order valence-electron chi connectivity index (χ0n) is 10.1. The Bertz CT molecular complexity index is 405. The Kier molecular flexibility index (Phi) is 3.68. The van der Waals surface area contributed by atoms with Crippen molar-refractivity contribution >= 4 is 5.69 Å². The predicted octanol–water partition coefficient (Wildman–Crippen LogP) is 4.19. The van der Waals surface area contributed by atoms with Crippen LogP contribution in [0.25, 0.3) is 0 Å². The number of nitrogens with one attached hydrogen (secondary N) is 1. The van der Waals surface area contributed by atoms with E-state index in [-0.39, 0.29) is 11.8 Å². The molecule has 1 fully saturated rings. The van der Waals surface area contributed by atoms with Crippen LogP contribution in [0.3, 0.4) is 0 Å². The summed E-state index contributed by atoms with van der Waals surface area (Å²) in [6.07, 6.45) is -1.57. The highest BCUT2D eigenvalue weighted by Crippen LogP contribution is 2.33. The summed E-state index contributed by atoms with van der Waals surface area (Å²) in [6.45, 7) is 2.15. The number of benzene rings is 1. The number of hydrogen-bond donors (Lipinski definition) is 1. The molecule has 5 heteroatoms. The lowest BCUT2D eigenvalue weighted by atomic mass is 10.1. The fourth-order valence-electron chi connectivity index (χ4n) is 2.36. The van der Waals surface area contributed by atoms with Gasteiger partial charge in [0.25, 0.3) is 0 Å². The van der Waals surface area contributed by atoms with Crippen molar-refractivity contribution in [2.24, 2.45) is 5.92 Å². The van der Waals surface area contributed by atoms with Crippen LogP contribution >= 0.6 is 0 Å². The maximum absolute atomic E-state index is 12.2. The topological polar surface area (TPSA) is 21.3 Å². The monoisotopic (exact) mass is 259 g/mol. The minimum Gasteiger partial charge on any atom is -0.404 e. The lowest BCUT2D eigenvalue weighted by molar-refractivity contribution is -0.274. The Morgan fingerprint density at radius 1 is 1.22 bits per heavy atom. The van der Waals surface area contributed by atoms with Crippen LogP contribution < -0.4 is 10.1 Å². The van der Waals surface area contributed by atoms with Crippen LogP contribution in [0.5, 0.6) is 5.75 Å². The molecule has 100 valence electrons. The number of anilines is 1. The third-order valence-corrected chi connectivity index (χ3v) is 3.17. The molecule has 0 aliphatic heterocycles. The van der Waals surface area contributed by atoms with Crippen molar-refractivity contribution in [3.8, 4) is 5.75 Å². The van der Waals surface area contributed by atoms with Crippen molar-refractivity contribution in [2.45, 2.75) is 38.6 Å². The molecule has 0 radical (unpaired) electrons. The van der Waals surface area contributed by atoms with Crippen molar-refractivity contribution in [3.63, 3.8) is 0 Å². The standard InChI is InChI=1S/C13H16F3NO/c1-9-6-7-10(8-9)17-11-4-2-3-5-12(11)18-13(14,15)16/h2-5,9-10,17H,6-8H2,1H3. The first-order valence-corrected chi connectivity index (χ1v) is 6.05. The molecule has 1 aliphatic carbocycles. The number of alkyl halides is 3. The van der Waals surface area contributed by atoms with Gasteiger partial charge in [0.15, 0.2) is 5.75 Å². The van der Waals surface area contributed by atoms with Crippen LogP contribution in [-0.4, -0.2) is 12.4 Å². The van der Waals surface area contributed by atoms with E-state index in [2.05, 4.69) is 17.0 Å². The van der Waals surface area contributed by atoms with Gasteiger partial charge in [0.1, 0.15) is 0 Å². The molecule has 0 heterocycles. The van der Waals surface area contributed by atoms with E-state index in [1.807, 2.05) is 0 Å². The van der Waals surface area contributed by atoms with Gasteiger partial charge in [-0.15, -0.1) is 13.2 Å². The van der Waals surface area contributed by atoms with Crippen molar-refractivity contribution in [2.75, 3.05) is 5.32 Å². The second-order valence-corrected chi connectivity index (χ2v) is 4.80. The smallest absolute Gasteiger partial charge is 0.404 e. The number of halogens is 3. The zero-order chi connectivity index (χ0) is 13.2. The Morgan fingerprint density at radius 2 is 1.94 bits per heavy atom. The van der Waals surface area contributed by atoms with Crippen LogP contribution in [0.4, 0.5) is 18.9 Å². The number of hydrogen-bond acceptors (Lipinski definition) is 2. The molecular formula is C13H16F3NO. The summed E-state index contributed by atoms with van der Waals surface area (Å²) < 4.78 is 40.7. The summed E-state index contributed by atoms with van der Waals surface area (Å²) in [4.78, 5) is 0. The molecule has 0 spiro atoms. The van der Waals surface area contributed by atoms with Crippen LogP contribution in [-0.2, 0) is 0 Å². The molecule has 0 saturated heterocycles. The Balaban J connectivity index is 2.07. The van der Waals surface area contributed by atoms with E-state index in [9.17, 15) is 13.2 Å². The van der Waals surface area contributed by atoms with Crippen LogP contribution in [0.1, 0.15) is 26.2 Å². The van der Waals surface area contributed by atoms with Gasteiger partial charge in [0.05, 0.1) is 5.69 Å². The van der Waals surface area contributed by atoms with Gasteiger partial charge in [-0.05, 0) is 37.3 Å². The summed E-state index contributed by atoms with van der Waals surface area (Å²) >= 11 is 0. The maximum Gasteiger partial charge on any atom is 0.573 e. The Morgan fingerprint density at radius 3 is 2.56 bits per heavy atom. The molecule has 1 aromatic carbocycles. The van der Waals surface area contributed by atoms with Crippen LogP contribution in [0.15, 0.2) is 24.3 Å². The van der Waals surface area contributed by atoms with Crippen LogP contribution in [0.2, 0.25) is 0 Å². The van der Waals surface area contributed by atoms with Crippen LogP contribution in [0, 0.1) is 5.92 Å². The normalized spacial score (nSPS) is 24.0. The minimum absolute atomic E-state index is 0.162. The van der Waals surface area contributed by atoms with Gasteiger partial charge in [-0.2, -0.15) is 0 Å². The van der Waals surface area contributed by atoms with E-state index in [1.165, 1.54) is 12.1 Å². The molecule has 0 aromatic heterocycles. The molecule has 1 aromatic rings. The molecule has 2 nitrogen and oxygen atoms in total.